The lowest BCUT2D eigenvalue weighted by molar-refractivity contribution is 0.691. The molecular formula is C13H30N2Si3. The van der Waals surface area contributed by atoms with Gasteiger partial charge in [0.2, 0.25) is 0 Å². The van der Waals surface area contributed by atoms with Crippen LogP contribution in [0.2, 0.25) is 58.9 Å². The molecule has 18 heavy (non-hydrogen) atoms. The third-order valence-electron chi connectivity index (χ3n) is 4.15. The first-order valence-corrected chi connectivity index (χ1v) is 17.3. The second kappa shape index (κ2) is 4.45. The lowest BCUT2D eigenvalue weighted by atomic mass is 10.9. The van der Waals surface area contributed by atoms with Crippen molar-refractivity contribution in [3.8, 4) is 0 Å². The lowest BCUT2D eigenvalue weighted by Gasteiger charge is -2.59. The Kier molecular flexibility index (Phi) is 3.94. The molecule has 1 aromatic heterocycles. The van der Waals surface area contributed by atoms with E-state index in [0.717, 1.165) is 0 Å². The summed E-state index contributed by atoms with van der Waals surface area (Å²) < 4.78 is 2.92. The SMILES string of the molecule is C[Si](C)(C)C(n1ccnc1)([Si](C)(C)C)[Si](C)(C)C. The quantitative estimate of drug-likeness (QED) is 0.761. The number of aromatic nitrogens is 2. The van der Waals surface area contributed by atoms with E-state index >= 15 is 0 Å². The molecule has 0 radical (unpaired) electrons. The summed E-state index contributed by atoms with van der Waals surface area (Å²) >= 11 is 0. The molecule has 0 aliphatic rings. The molecule has 1 heterocycles. The number of nitrogens with zero attached hydrogens (tertiary/aromatic N) is 2. The van der Waals surface area contributed by atoms with Crippen molar-refractivity contribution >= 4 is 24.2 Å². The highest BCUT2D eigenvalue weighted by Crippen LogP contribution is 2.45. The maximum absolute atomic E-state index is 4.36. The summed E-state index contributed by atoms with van der Waals surface area (Å²) in [5.74, 6) is 0. The van der Waals surface area contributed by atoms with Crippen LogP contribution in [-0.4, -0.2) is 33.8 Å². The number of rotatable bonds is 4. The van der Waals surface area contributed by atoms with Crippen molar-refractivity contribution in [1.29, 1.82) is 0 Å². The van der Waals surface area contributed by atoms with Crippen LogP contribution >= 0.6 is 0 Å². The Morgan fingerprint density at radius 2 is 1.17 bits per heavy atom. The molecule has 0 saturated carbocycles. The fourth-order valence-corrected chi connectivity index (χ4v) is 34.7. The fraction of sp³-hybridized carbons (Fsp3) is 0.769. The highest BCUT2D eigenvalue weighted by atomic mass is 28.5. The number of hydrogen-bond acceptors (Lipinski definition) is 1. The third-order valence-corrected chi connectivity index (χ3v) is 24.9. The van der Waals surface area contributed by atoms with Crippen LogP contribution in [0.5, 0.6) is 0 Å². The maximum atomic E-state index is 4.36. The molecule has 0 bridgehead atoms. The van der Waals surface area contributed by atoms with E-state index in [2.05, 4.69) is 81.0 Å². The van der Waals surface area contributed by atoms with Crippen molar-refractivity contribution in [2.24, 2.45) is 0 Å². The van der Waals surface area contributed by atoms with E-state index in [1.54, 1.807) is 0 Å². The van der Waals surface area contributed by atoms with E-state index in [1.807, 2.05) is 6.20 Å². The monoisotopic (exact) mass is 298 g/mol. The predicted octanol–water partition coefficient (Wildman–Crippen LogP) is 4.21. The van der Waals surface area contributed by atoms with Crippen molar-refractivity contribution < 1.29 is 0 Å². The molecule has 1 rings (SSSR count). The summed E-state index contributed by atoms with van der Waals surface area (Å²) in [5.41, 5.74) is 0. The van der Waals surface area contributed by atoms with Crippen molar-refractivity contribution in [3.63, 3.8) is 0 Å². The highest BCUT2D eigenvalue weighted by Gasteiger charge is 2.60. The Bertz CT molecular complexity index is 355. The first kappa shape index (κ1) is 15.9. The molecule has 0 unspecified atom stereocenters. The molecule has 5 heteroatoms. The van der Waals surface area contributed by atoms with E-state index in [1.165, 1.54) is 0 Å². The van der Waals surface area contributed by atoms with E-state index in [-0.39, 0.29) is 0 Å². The van der Waals surface area contributed by atoms with Crippen LogP contribution in [0.25, 0.3) is 0 Å². The van der Waals surface area contributed by atoms with Gasteiger partial charge in [0.25, 0.3) is 0 Å². The molecule has 0 spiro atoms. The molecule has 0 amide bonds. The van der Waals surface area contributed by atoms with Gasteiger partial charge in [-0.25, -0.2) is 4.98 Å². The van der Waals surface area contributed by atoms with Gasteiger partial charge in [0.15, 0.2) is 0 Å². The van der Waals surface area contributed by atoms with Crippen LogP contribution in [0, 0.1) is 0 Å². The Balaban J connectivity index is 3.70. The van der Waals surface area contributed by atoms with Gasteiger partial charge in [-0.05, 0) is 0 Å². The molecule has 0 aromatic carbocycles. The summed E-state index contributed by atoms with van der Waals surface area (Å²) in [5, 5.41) is 0. The normalized spacial score (nSPS) is 14.9. The van der Waals surface area contributed by atoms with Crippen molar-refractivity contribution in [2.75, 3.05) is 0 Å². The van der Waals surface area contributed by atoms with Crippen LogP contribution in [0.1, 0.15) is 0 Å². The van der Waals surface area contributed by atoms with Crippen LogP contribution in [0.4, 0.5) is 0 Å². The Hall–Kier alpha value is -0.139. The number of hydrogen-bond donors (Lipinski definition) is 0. The zero-order valence-electron chi connectivity index (χ0n) is 13.6. The minimum atomic E-state index is -1.37. The maximum Gasteiger partial charge on any atom is 0.0942 e. The summed E-state index contributed by atoms with van der Waals surface area (Å²) in [4.78, 5) is 4.36. The second-order valence-electron chi connectivity index (χ2n) is 8.43. The van der Waals surface area contributed by atoms with Crippen molar-refractivity contribution in [1.82, 2.24) is 9.55 Å². The van der Waals surface area contributed by atoms with Gasteiger partial charge >= 0.3 is 0 Å². The topological polar surface area (TPSA) is 17.8 Å². The zero-order valence-corrected chi connectivity index (χ0v) is 16.6. The van der Waals surface area contributed by atoms with Gasteiger partial charge < -0.3 is 4.57 Å². The fourth-order valence-electron chi connectivity index (χ4n) is 4.99. The van der Waals surface area contributed by atoms with Crippen molar-refractivity contribution in [3.05, 3.63) is 18.7 Å². The highest BCUT2D eigenvalue weighted by molar-refractivity contribution is 7.13. The van der Waals surface area contributed by atoms with E-state index in [9.17, 15) is 0 Å². The van der Waals surface area contributed by atoms with Gasteiger partial charge in [0.05, 0.1) is 30.5 Å². The van der Waals surface area contributed by atoms with Crippen molar-refractivity contribution in [2.45, 2.75) is 63.3 Å². The van der Waals surface area contributed by atoms with Gasteiger partial charge in [-0.2, -0.15) is 0 Å². The zero-order chi connectivity index (χ0) is 14.4. The predicted molar refractivity (Wildman–Crippen MR) is 90.2 cm³/mol. The average molecular weight is 299 g/mol. The van der Waals surface area contributed by atoms with Gasteiger partial charge in [-0.3, -0.25) is 0 Å². The molecule has 0 aliphatic carbocycles. The summed E-state index contributed by atoms with van der Waals surface area (Å²) in [6.45, 7) is 22.9. The summed E-state index contributed by atoms with van der Waals surface area (Å²) in [6, 6.07) is 0. The van der Waals surface area contributed by atoms with Gasteiger partial charge in [0.1, 0.15) is 0 Å². The summed E-state index contributed by atoms with van der Waals surface area (Å²) in [6.07, 6.45) is 6.25. The largest absolute Gasteiger partial charge is 0.340 e. The standard InChI is InChI=1S/C13H30N2Si3/c1-16(2,3)13(17(4,5)6,18(7,8)9)15-11-10-14-12-15/h10-12H,1-9H3. The van der Waals surface area contributed by atoms with Crippen LogP contribution in [-0.2, 0) is 4.41 Å². The molecule has 0 N–H and O–H groups in total. The Labute approximate surface area is 116 Å². The van der Waals surface area contributed by atoms with E-state index < -0.39 is 24.2 Å². The Morgan fingerprint density at radius 3 is 1.39 bits per heavy atom. The van der Waals surface area contributed by atoms with Gasteiger partial charge in [-0.1, -0.05) is 58.9 Å². The minimum Gasteiger partial charge on any atom is -0.340 e. The smallest absolute Gasteiger partial charge is 0.0942 e. The minimum absolute atomic E-state index is 0.406. The molecule has 0 fully saturated rings. The van der Waals surface area contributed by atoms with Crippen LogP contribution in [0.15, 0.2) is 18.7 Å². The molecule has 2 nitrogen and oxygen atoms in total. The van der Waals surface area contributed by atoms with Gasteiger partial charge in [-0.15, -0.1) is 0 Å². The number of imidazole rings is 1. The molecule has 0 saturated heterocycles. The molecule has 0 atom stereocenters. The first-order valence-electron chi connectivity index (χ1n) is 6.84. The molecule has 1 aromatic rings. The molecule has 104 valence electrons. The summed E-state index contributed by atoms with van der Waals surface area (Å²) in [7, 11) is -4.10. The van der Waals surface area contributed by atoms with E-state index in [0.29, 0.717) is 4.41 Å². The van der Waals surface area contributed by atoms with Crippen LogP contribution < -0.4 is 0 Å². The van der Waals surface area contributed by atoms with Crippen LogP contribution in [0.3, 0.4) is 0 Å². The third kappa shape index (κ3) is 2.20. The van der Waals surface area contributed by atoms with Gasteiger partial charge in [0, 0.05) is 16.8 Å². The molecule has 0 aliphatic heterocycles. The first-order chi connectivity index (χ1) is 7.86. The average Bonchev–Trinajstić information content (AvgIpc) is 2.48. The second-order valence-corrected chi connectivity index (χ2v) is 25.6. The molecular weight excluding hydrogens is 268 g/mol. The Morgan fingerprint density at radius 1 is 0.778 bits per heavy atom. The van der Waals surface area contributed by atoms with E-state index in [4.69, 9.17) is 0 Å². The lowest BCUT2D eigenvalue weighted by Crippen LogP contribution is -2.77.